The summed E-state index contributed by atoms with van der Waals surface area (Å²) in [6.45, 7) is 0.714. The molecule has 128 valence electrons. The number of unbranched alkanes of at least 4 members (excludes halogenated alkanes) is 2. The van der Waals surface area contributed by atoms with Crippen LogP contribution in [-0.2, 0) is 12.2 Å². The highest BCUT2D eigenvalue weighted by Crippen LogP contribution is 2.31. The zero-order valence-electron chi connectivity index (χ0n) is 12.9. The number of nitrogens with two attached hydrogens (primary N) is 1. The van der Waals surface area contributed by atoms with E-state index in [0.717, 1.165) is 40.8 Å². The van der Waals surface area contributed by atoms with Crippen LogP contribution in [0.25, 0.3) is 4.96 Å². The predicted octanol–water partition coefficient (Wildman–Crippen LogP) is 3.94. The highest BCUT2D eigenvalue weighted by atomic mass is 35.5. The molecule has 0 aliphatic rings. The van der Waals surface area contributed by atoms with Gasteiger partial charge in [0, 0.05) is 22.8 Å². The Morgan fingerprint density at radius 3 is 2.92 bits per heavy atom. The molecule has 0 aliphatic carbocycles. The summed E-state index contributed by atoms with van der Waals surface area (Å²) in [5.41, 5.74) is 6.00. The number of thioether (sulfide) groups is 1. The van der Waals surface area contributed by atoms with Crippen molar-refractivity contribution >= 4 is 39.7 Å². The minimum absolute atomic E-state index is 0.293. The molecule has 24 heavy (non-hydrogen) atoms. The van der Waals surface area contributed by atoms with Gasteiger partial charge < -0.3 is 5.73 Å². The van der Waals surface area contributed by atoms with Gasteiger partial charge >= 0.3 is 0 Å². The van der Waals surface area contributed by atoms with Gasteiger partial charge in [-0.2, -0.15) is 4.52 Å². The van der Waals surface area contributed by atoms with Crippen LogP contribution in [0.3, 0.4) is 0 Å². The summed E-state index contributed by atoms with van der Waals surface area (Å²) in [5, 5.41) is 13.3. The van der Waals surface area contributed by atoms with E-state index in [2.05, 4.69) is 15.3 Å². The molecule has 9 heteroatoms. The van der Waals surface area contributed by atoms with Crippen molar-refractivity contribution in [3.8, 4) is 0 Å². The third-order valence-corrected chi connectivity index (χ3v) is 5.96. The smallest absolute Gasteiger partial charge is 0.235 e. The van der Waals surface area contributed by atoms with Crippen LogP contribution < -0.4 is 5.73 Å². The molecule has 0 fully saturated rings. The van der Waals surface area contributed by atoms with Crippen molar-refractivity contribution in [2.45, 2.75) is 35.8 Å². The van der Waals surface area contributed by atoms with E-state index < -0.39 is 0 Å². The SMILES string of the molecule is NCCCCCc1nnc2sc(SCc3c(F)cccc3Cl)nn12. The molecule has 0 spiro atoms. The Bertz CT molecular complexity index is 799. The minimum Gasteiger partial charge on any atom is -0.330 e. The number of aryl methyl sites for hydroxylation is 1. The zero-order valence-corrected chi connectivity index (χ0v) is 15.3. The molecule has 0 saturated heterocycles. The Labute approximate surface area is 152 Å². The molecule has 0 atom stereocenters. The van der Waals surface area contributed by atoms with Crippen LogP contribution in [0.1, 0.15) is 30.7 Å². The molecule has 0 amide bonds. The highest BCUT2D eigenvalue weighted by Gasteiger charge is 2.13. The first kappa shape index (κ1) is 17.6. The van der Waals surface area contributed by atoms with Crippen molar-refractivity contribution in [1.29, 1.82) is 0 Å². The first-order valence-electron chi connectivity index (χ1n) is 7.66. The second kappa shape index (κ2) is 8.24. The molecule has 0 radical (unpaired) electrons. The molecular weight excluding hydrogens is 369 g/mol. The van der Waals surface area contributed by atoms with Crippen LogP contribution in [0.2, 0.25) is 5.02 Å². The van der Waals surface area contributed by atoms with Gasteiger partial charge in [-0.3, -0.25) is 0 Å². The summed E-state index contributed by atoms with van der Waals surface area (Å²) in [6.07, 6.45) is 3.93. The fraction of sp³-hybridized carbons (Fsp3) is 0.400. The number of hydrogen-bond acceptors (Lipinski definition) is 6. The average Bonchev–Trinajstić information content (AvgIpc) is 3.12. The number of benzene rings is 1. The lowest BCUT2D eigenvalue weighted by Gasteiger charge is -2.03. The van der Waals surface area contributed by atoms with Crippen LogP contribution in [0.15, 0.2) is 22.5 Å². The van der Waals surface area contributed by atoms with E-state index in [1.54, 1.807) is 16.6 Å². The van der Waals surface area contributed by atoms with E-state index in [1.807, 2.05) is 0 Å². The van der Waals surface area contributed by atoms with Crippen molar-refractivity contribution in [3.05, 3.63) is 40.4 Å². The van der Waals surface area contributed by atoms with Gasteiger partial charge in [-0.05, 0) is 31.5 Å². The third-order valence-electron chi connectivity index (χ3n) is 3.54. The van der Waals surface area contributed by atoms with E-state index >= 15 is 0 Å². The van der Waals surface area contributed by atoms with E-state index in [4.69, 9.17) is 17.3 Å². The Morgan fingerprint density at radius 2 is 2.12 bits per heavy atom. The third kappa shape index (κ3) is 4.05. The van der Waals surface area contributed by atoms with Crippen LogP contribution in [0.5, 0.6) is 0 Å². The summed E-state index contributed by atoms with van der Waals surface area (Å²) >= 11 is 8.95. The standard InChI is InChI=1S/C15H17ClFN5S2/c16-11-5-4-6-12(17)10(11)9-23-15-21-22-13(7-2-1-3-8-18)19-20-14(22)24-15/h4-6H,1-3,7-9,18H2. The van der Waals surface area contributed by atoms with Gasteiger partial charge in [0.25, 0.3) is 0 Å². The number of rotatable bonds is 8. The molecule has 0 unspecified atom stereocenters. The predicted molar refractivity (Wildman–Crippen MR) is 96.2 cm³/mol. The maximum absolute atomic E-state index is 13.8. The van der Waals surface area contributed by atoms with Gasteiger partial charge in [0.2, 0.25) is 4.96 Å². The first-order chi connectivity index (χ1) is 11.7. The Balaban J connectivity index is 1.67. The zero-order chi connectivity index (χ0) is 16.9. The molecule has 0 bridgehead atoms. The monoisotopic (exact) mass is 385 g/mol. The normalized spacial score (nSPS) is 11.5. The molecule has 3 aromatic rings. The summed E-state index contributed by atoms with van der Waals surface area (Å²) in [5.74, 6) is 0.995. The summed E-state index contributed by atoms with van der Waals surface area (Å²) in [7, 11) is 0. The molecule has 2 N–H and O–H groups in total. The van der Waals surface area contributed by atoms with Crippen LogP contribution >= 0.6 is 34.7 Å². The Kier molecular flexibility index (Phi) is 6.04. The average molecular weight is 386 g/mol. The van der Waals surface area contributed by atoms with E-state index in [9.17, 15) is 4.39 Å². The largest absolute Gasteiger partial charge is 0.330 e. The molecular formula is C15H17ClFN5S2. The number of halogens is 2. The van der Waals surface area contributed by atoms with E-state index in [0.29, 0.717) is 22.9 Å². The lowest BCUT2D eigenvalue weighted by Crippen LogP contribution is -2.00. The molecule has 1 aromatic carbocycles. The van der Waals surface area contributed by atoms with Crippen molar-refractivity contribution < 1.29 is 4.39 Å². The number of aromatic nitrogens is 4. The van der Waals surface area contributed by atoms with Crippen molar-refractivity contribution in [2.75, 3.05) is 6.54 Å². The van der Waals surface area contributed by atoms with Crippen molar-refractivity contribution in [2.24, 2.45) is 5.73 Å². The topological polar surface area (TPSA) is 69.1 Å². The lowest BCUT2D eigenvalue weighted by molar-refractivity contribution is 0.617. The lowest BCUT2D eigenvalue weighted by atomic mass is 10.2. The van der Waals surface area contributed by atoms with E-state index in [1.165, 1.54) is 29.2 Å². The molecule has 2 heterocycles. The van der Waals surface area contributed by atoms with Gasteiger partial charge in [-0.1, -0.05) is 47.2 Å². The number of fused-ring (bicyclic) bond motifs is 1. The van der Waals surface area contributed by atoms with Crippen molar-refractivity contribution in [1.82, 2.24) is 19.8 Å². The summed E-state index contributed by atoms with van der Waals surface area (Å²) in [6, 6.07) is 4.71. The quantitative estimate of drug-likeness (QED) is 0.469. The van der Waals surface area contributed by atoms with Gasteiger partial charge in [0.1, 0.15) is 5.82 Å². The molecule has 3 rings (SSSR count). The number of nitrogens with zero attached hydrogens (tertiary/aromatic N) is 4. The van der Waals surface area contributed by atoms with Gasteiger partial charge in [0.15, 0.2) is 10.2 Å². The summed E-state index contributed by atoms with van der Waals surface area (Å²) in [4.78, 5) is 0.756. The van der Waals surface area contributed by atoms with Gasteiger partial charge in [-0.25, -0.2) is 4.39 Å². The second-order valence-electron chi connectivity index (χ2n) is 5.27. The fourth-order valence-electron chi connectivity index (χ4n) is 2.26. The second-order valence-corrected chi connectivity index (χ2v) is 7.85. The minimum atomic E-state index is -0.293. The summed E-state index contributed by atoms with van der Waals surface area (Å²) < 4.78 is 16.4. The fourth-order valence-corrected chi connectivity index (χ4v) is 4.50. The molecule has 2 aromatic heterocycles. The van der Waals surface area contributed by atoms with E-state index in [-0.39, 0.29) is 5.82 Å². The van der Waals surface area contributed by atoms with Crippen molar-refractivity contribution in [3.63, 3.8) is 0 Å². The first-order valence-corrected chi connectivity index (χ1v) is 9.84. The van der Waals surface area contributed by atoms with Crippen LogP contribution in [-0.4, -0.2) is 26.4 Å². The maximum atomic E-state index is 13.8. The molecule has 5 nitrogen and oxygen atoms in total. The van der Waals surface area contributed by atoms with Gasteiger partial charge in [0.05, 0.1) is 0 Å². The molecule has 0 saturated carbocycles. The maximum Gasteiger partial charge on any atom is 0.235 e. The Hall–Kier alpha value is -1.22. The van der Waals surface area contributed by atoms with Crippen LogP contribution in [0.4, 0.5) is 4.39 Å². The van der Waals surface area contributed by atoms with Gasteiger partial charge in [-0.15, -0.1) is 15.3 Å². The van der Waals surface area contributed by atoms with Crippen LogP contribution in [0, 0.1) is 5.82 Å². The Morgan fingerprint density at radius 1 is 1.25 bits per heavy atom. The highest BCUT2D eigenvalue weighted by molar-refractivity contribution is 8.00. The number of hydrogen-bond donors (Lipinski definition) is 1. The molecule has 0 aliphatic heterocycles.